The number of nitrogens with one attached hydrogen (secondary N) is 1. The van der Waals surface area contributed by atoms with Crippen LogP contribution in [-0.4, -0.2) is 41.5 Å². The molecule has 2 aromatic heterocycles. The van der Waals surface area contributed by atoms with Crippen molar-refractivity contribution in [2.75, 3.05) is 19.6 Å². The second-order valence-electron chi connectivity index (χ2n) is 5.91. The van der Waals surface area contributed by atoms with Gasteiger partial charge < -0.3 is 10.2 Å². The number of amides is 1. The number of thiol groups is 1. The van der Waals surface area contributed by atoms with Crippen molar-refractivity contribution < 1.29 is 4.79 Å². The molecule has 110 valence electrons. The Morgan fingerprint density at radius 3 is 2.90 bits per heavy atom. The van der Waals surface area contributed by atoms with Gasteiger partial charge in [0, 0.05) is 28.9 Å². The smallest absolute Gasteiger partial charge is 0.270 e. The van der Waals surface area contributed by atoms with Gasteiger partial charge in [-0.05, 0) is 44.0 Å². The molecular formula is C15H17N3OS2. The van der Waals surface area contributed by atoms with Crippen molar-refractivity contribution in [1.82, 2.24) is 15.2 Å². The summed E-state index contributed by atoms with van der Waals surface area (Å²) in [7, 11) is 0. The molecule has 3 aliphatic heterocycles. The van der Waals surface area contributed by atoms with Crippen LogP contribution in [0.2, 0.25) is 0 Å². The van der Waals surface area contributed by atoms with Crippen LogP contribution >= 0.6 is 24.0 Å². The van der Waals surface area contributed by atoms with Gasteiger partial charge in [-0.2, -0.15) is 0 Å². The molecule has 2 bridgehead atoms. The summed E-state index contributed by atoms with van der Waals surface area (Å²) in [6, 6.07) is 4.13. The lowest BCUT2D eigenvalue weighted by molar-refractivity contribution is 0.0618. The number of rotatable bonds is 2. The number of pyridine rings is 1. The summed E-state index contributed by atoms with van der Waals surface area (Å²) in [5.41, 5.74) is 0.508. The van der Waals surface area contributed by atoms with E-state index in [-0.39, 0.29) is 11.9 Å². The largest absolute Gasteiger partial charge is 0.346 e. The molecule has 0 radical (unpaired) electrons. The highest BCUT2D eigenvalue weighted by Gasteiger charge is 2.35. The number of nitrogens with zero attached hydrogens (tertiary/aromatic N) is 2. The molecule has 1 N–H and O–H groups in total. The standard InChI is InChI=1S/C15H17N3OS2/c19-15(17-12-8-18-3-1-9(12)2-4-18)11-6-13-10(7-16-11)5-14(20)21-13/h5-7,9,12,20H,1-4,8H2,(H,17,19). The fourth-order valence-corrected chi connectivity index (χ4v) is 4.66. The zero-order chi connectivity index (χ0) is 14.4. The van der Waals surface area contributed by atoms with Crippen LogP contribution in [0.4, 0.5) is 0 Å². The lowest BCUT2D eigenvalue weighted by Gasteiger charge is -2.44. The summed E-state index contributed by atoms with van der Waals surface area (Å²) in [6.07, 6.45) is 4.16. The molecule has 1 atom stereocenters. The number of carbonyl (C=O) groups excluding carboxylic acids is 1. The van der Waals surface area contributed by atoms with E-state index in [0.717, 1.165) is 20.8 Å². The number of aromatic nitrogens is 1. The Kier molecular flexibility index (Phi) is 3.40. The average Bonchev–Trinajstić information content (AvgIpc) is 2.87. The van der Waals surface area contributed by atoms with Crippen molar-refractivity contribution in [3.05, 3.63) is 24.0 Å². The number of hydrogen-bond acceptors (Lipinski definition) is 5. The Morgan fingerprint density at radius 2 is 2.19 bits per heavy atom. The molecule has 0 spiro atoms. The molecule has 5 rings (SSSR count). The van der Waals surface area contributed by atoms with Gasteiger partial charge in [0.05, 0.1) is 4.21 Å². The Hall–Kier alpha value is -1.11. The SMILES string of the molecule is O=C(NC1CN2CCC1CC2)c1cc2sc(S)cc2cn1. The van der Waals surface area contributed by atoms with Crippen LogP contribution in [0.5, 0.6) is 0 Å². The third-order valence-corrected chi connectivity index (χ3v) is 5.90. The van der Waals surface area contributed by atoms with Gasteiger partial charge >= 0.3 is 0 Å². The summed E-state index contributed by atoms with van der Waals surface area (Å²) in [6.45, 7) is 3.35. The van der Waals surface area contributed by atoms with Gasteiger partial charge in [0.2, 0.25) is 0 Å². The number of hydrogen-bond donors (Lipinski definition) is 2. The maximum atomic E-state index is 12.4. The van der Waals surface area contributed by atoms with E-state index in [4.69, 9.17) is 0 Å². The third kappa shape index (κ3) is 2.56. The first kappa shape index (κ1) is 13.5. The summed E-state index contributed by atoms with van der Waals surface area (Å²) in [5.74, 6) is 0.582. The van der Waals surface area contributed by atoms with Crippen molar-refractivity contribution >= 4 is 40.0 Å². The summed E-state index contributed by atoms with van der Waals surface area (Å²) in [4.78, 5) is 19.2. The Morgan fingerprint density at radius 1 is 1.38 bits per heavy atom. The lowest BCUT2D eigenvalue weighted by atomic mass is 9.84. The molecule has 21 heavy (non-hydrogen) atoms. The Balaban J connectivity index is 1.53. The van der Waals surface area contributed by atoms with E-state index in [2.05, 4.69) is 27.8 Å². The average molecular weight is 319 g/mol. The topological polar surface area (TPSA) is 45.2 Å². The summed E-state index contributed by atoms with van der Waals surface area (Å²) in [5, 5.41) is 4.23. The highest BCUT2D eigenvalue weighted by molar-refractivity contribution is 7.83. The van der Waals surface area contributed by atoms with Gasteiger partial charge in [-0.25, -0.2) is 0 Å². The molecule has 3 aliphatic rings. The number of carbonyl (C=O) groups is 1. The zero-order valence-electron chi connectivity index (χ0n) is 11.6. The van der Waals surface area contributed by atoms with Crippen LogP contribution in [0, 0.1) is 5.92 Å². The normalized spacial score (nSPS) is 28.0. The molecule has 3 fully saturated rings. The molecule has 0 aliphatic carbocycles. The summed E-state index contributed by atoms with van der Waals surface area (Å²) >= 11 is 5.93. The molecule has 6 heteroatoms. The quantitative estimate of drug-likeness (QED) is 0.836. The maximum absolute atomic E-state index is 12.4. The van der Waals surface area contributed by atoms with Gasteiger partial charge in [0.25, 0.3) is 5.91 Å². The molecule has 0 saturated carbocycles. The van der Waals surface area contributed by atoms with Crippen molar-refractivity contribution in [3.8, 4) is 0 Å². The van der Waals surface area contributed by atoms with E-state index in [0.29, 0.717) is 11.6 Å². The highest BCUT2D eigenvalue weighted by Crippen LogP contribution is 2.29. The first-order valence-electron chi connectivity index (χ1n) is 7.31. The van der Waals surface area contributed by atoms with Crippen LogP contribution in [0.3, 0.4) is 0 Å². The molecule has 0 aromatic carbocycles. The predicted octanol–water partition coefficient (Wildman–Crippen LogP) is 2.41. The fourth-order valence-electron chi connectivity index (χ4n) is 3.41. The minimum Gasteiger partial charge on any atom is -0.346 e. The minimum atomic E-state index is -0.0511. The maximum Gasteiger partial charge on any atom is 0.270 e. The van der Waals surface area contributed by atoms with E-state index in [1.54, 1.807) is 17.5 Å². The lowest BCUT2D eigenvalue weighted by Crippen LogP contribution is -2.57. The van der Waals surface area contributed by atoms with Gasteiger partial charge in [0.1, 0.15) is 5.69 Å². The van der Waals surface area contributed by atoms with Gasteiger partial charge in [-0.1, -0.05) is 0 Å². The van der Waals surface area contributed by atoms with Crippen LogP contribution in [0.1, 0.15) is 23.3 Å². The number of fused-ring (bicyclic) bond motifs is 4. The Bertz CT molecular complexity index is 691. The summed E-state index contributed by atoms with van der Waals surface area (Å²) < 4.78 is 2.01. The van der Waals surface area contributed by atoms with E-state index < -0.39 is 0 Å². The Labute approximate surface area is 133 Å². The molecular weight excluding hydrogens is 302 g/mol. The molecule has 2 aromatic rings. The van der Waals surface area contributed by atoms with Crippen LogP contribution in [0.25, 0.3) is 10.1 Å². The van der Waals surface area contributed by atoms with E-state index >= 15 is 0 Å². The van der Waals surface area contributed by atoms with Crippen molar-refractivity contribution in [3.63, 3.8) is 0 Å². The van der Waals surface area contributed by atoms with Crippen molar-refractivity contribution in [2.45, 2.75) is 23.1 Å². The molecule has 5 heterocycles. The van der Waals surface area contributed by atoms with Crippen LogP contribution < -0.4 is 5.32 Å². The predicted molar refractivity (Wildman–Crippen MR) is 87.3 cm³/mol. The van der Waals surface area contributed by atoms with Crippen molar-refractivity contribution in [2.24, 2.45) is 5.92 Å². The zero-order valence-corrected chi connectivity index (χ0v) is 13.3. The van der Waals surface area contributed by atoms with Crippen LogP contribution in [0.15, 0.2) is 22.5 Å². The second-order valence-corrected chi connectivity index (χ2v) is 7.78. The van der Waals surface area contributed by atoms with E-state index in [1.165, 1.54) is 25.9 Å². The number of thiophene rings is 1. The minimum absolute atomic E-state index is 0.0511. The van der Waals surface area contributed by atoms with Crippen molar-refractivity contribution in [1.29, 1.82) is 0 Å². The fraction of sp³-hybridized carbons (Fsp3) is 0.467. The molecule has 4 nitrogen and oxygen atoms in total. The van der Waals surface area contributed by atoms with E-state index in [9.17, 15) is 4.79 Å². The first-order chi connectivity index (χ1) is 10.2. The third-order valence-electron chi connectivity index (χ3n) is 4.59. The van der Waals surface area contributed by atoms with Gasteiger partial charge in [-0.15, -0.1) is 24.0 Å². The molecule has 1 amide bonds. The molecule has 1 unspecified atom stereocenters. The second kappa shape index (κ2) is 5.26. The van der Waals surface area contributed by atoms with Gasteiger partial charge in [-0.3, -0.25) is 9.78 Å². The highest BCUT2D eigenvalue weighted by atomic mass is 32.2. The van der Waals surface area contributed by atoms with Crippen LogP contribution in [-0.2, 0) is 0 Å². The first-order valence-corrected chi connectivity index (χ1v) is 8.57. The molecule has 3 saturated heterocycles. The van der Waals surface area contributed by atoms with E-state index in [1.807, 2.05) is 12.1 Å². The van der Waals surface area contributed by atoms with Gasteiger partial charge in [0.15, 0.2) is 0 Å². The number of piperidine rings is 3. The monoisotopic (exact) mass is 319 g/mol.